The highest BCUT2D eigenvalue weighted by atomic mass is 27.2. The Morgan fingerprint density at radius 1 is 0.400 bits per heavy atom. The Kier molecular flexibility index (Phi) is 14.9. The predicted molar refractivity (Wildman–Crippen MR) is 121 cm³/mol. The van der Waals surface area contributed by atoms with E-state index in [-0.39, 0.29) is 0 Å². The van der Waals surface area contributed by atoms with Gasteiger partial charge in [-0.2, -0.15) is 21.1 Å². The average molecular weight is 368 g/mol. The first-order chi connectivity index (χ1) is 11.7. The maximum absolute atomic E-state index is 2.41. The molecule has 0 aromatic heterocycles. The van der Waals surface area contributed by atoms with E-state index in [0.29, 0.717) is 0 Å². The monoisotopic (exact) mass is 367 g/mol. The Morgan fingerprint density at radius 3 is 0.760 bits per heavy atom. The zero-order valence-electron chi connectivity index (χ0n) is 19.4. The first-order valence-corrected chi connectivity index (χ1v) is 15.2. The van der Waals surface area contributed by atoms with Gasteiger partial charge in [-0.3, -0.25) is 0 Å². The van der Waals surface area contributed by atoms with Crippen molar-refractivity contribution in [3.63, 3.8) is 0 Å². The largest absolute Gasteiger partial charge is 0.191 e. The normalized spacial score (nSPS) is 13.0. The van der Waals surface area contributed by atoms with E-state index in [1.807, 2.05) is 0 Å². The van der Waals surface area contributed by atoms with Crippen LogP contribution in [-0.2, 0) is 0 Å². The summed E-state index contributed by atoms with van der Waals surface area (Å²) in [6.07, 6.45) is 11.9. The Labute approximate surface area is 164 Å². The summed E-state index contributed by atoms with van der Waals surface area (Å²) in [5.41, 5.74) is 0. The molecular weight excluding hydrogens is 315 g/mol. The van der Waals surface area contributed by atoms with Crippen LogP contribution >= 0.6 is 0 Å². The van der Waals surface area contributed by atoms with Gasteiger partial charge in [-0.1, -0.05) is 107 Å². The molecule has 0 aliphatic rings. The second kappa shape index (κ2) is 14.6. The van der Waals surface area contributed by atoms with Gasteiger partial charge >= 0.3 is 0 Å². The predicted octanol–water partition coefficient (Wildman–Crippen LogP) is 9.18. The van der Waals surface area contributed by atoms with Crippen molar-refractivity contribution in [1.29, 1.82) is 0 Å². The van der Waals surface area contributed by atoms with E-state index in [1.165, 1.54) is 51.4 Å². The highest BCUT2D eigenvalue weighted by Gasteiger charge is 2.27. The van der Waals surface area contributed by atoms with Gasteiger partial charge in [0.1, 0.15) is 13.1 Å². The van der Waals surface area contributed by atoms with Crippen LogP contribution in [0.1, 0.15) is 107 Å². The van der Waals surface area contributed by atoms with Gasteiger partial charge in [-0.15, -0.1) is 0 Å². The molecule has 1 heteroatoms. The molecule has 0 atom stereocenters. The first-order valence-electron chi connectivity index (χ1n) is 11.9. The Balaban J connectivity index is 4.85. The van der Waals surface area contributed by atoms with Crippen molar-refractivity contribution in [1.82, 2.24) is 0 Å². The standard InChI is InChI=1S/4C6H13.Al/c4*1-4-5-6(2)3;/h4*6H,1,4-5H2,2-3H3;/q;;;;-1. The third kappa shape index (κ3) is 15.3. The molecular formula is C24H52Al-. The minimum absolute atomic E-state index is 0.887. The molecule has 0 spiro atoms. The van der Waals surface area contributed by atoms with Crippen LogP contribution < -0.4 is 0 Å². The topological polar surface area (TPSA) is 0 Å². The van der Waals surface area contributed by atoms with Gasteiger partial charge in [0.2, 0.25) is 0 Å². The molecule has 0 aromatic rings. The van der Waals surface area contributed by atoms with Crippen molar-refractivity contribution in [2.75, 3.05) is 0 Å². The molecule has 0 saturated heterocycles. The maximum atomic E-state index is 2.41. The van der Waals surface area contributed by atoms with Crippen molar-refractivity contribution in [3.05, 3.63) is 0 Å². The van der Waals surface area contributed by atoms with Gasteiger partial charge in [0.25, 0.3) is 0 Å². The van der Waals surface area contributed by atoms with Crippen LogP contribution in [0.25, 0.3) is 0 Å². The first kappa shape index (κ1) is 25.5. The fraction of sp³-hybridized carbons (Fsp3) is 1.00. The summed E-state index contributed by atoms with van der Waals surface area (Å²) < 4.78 is 0. The van der Waals surface area contributed by atoms with Crippen molar-refractivity contribution >= 4 is 13.1 Å². The molecule has 0 aromatic carbocycles. The van der Waals surface area contributed by atoms with E-state index < -0.39 is 13.1 Å². The molecule has 0 amide bonds. The highest BCUT2D eigenvalue weighted by Crippen LogP contribution is 2.35. The van der Waals surface area contributed by atoms with Crippen LogP contribution in [0.2, 0.25) is 21.1 Å². The second-order valence-electron chi connectivity index (χ2n) is 11.0. The van der Waals surface area contributed by atoms with Crippen LogP contribution in [-0.4, -0.2) is 13.1 Å². The molecule has 152 valence electrons. The third-order valence-corrected chi connectivity index (χ3v) is 12.9. The lowest BCUT2D eigenvalue weighted by Gasteiger charge is -2.38. The lowest BCUT2D eigenvalue weighted by atomic mass is 10.1. The molecule has 0 saturated carbocycles. The Hall–Kier alpha value is 0.532. The molecule has 0 bridgehead atoms. The van der Waals surface area contributed by atoms with Gasteiger partial charge in [0, 0.05) is 0 Å². The van der Waals surface area contributed by atoms with E-state index in [4.69, 9.17) is 0 Å². The van der Waals surface area contributed by atoms with E-state index in [1.54, 1.807) is 21.1 Å². The molecule has 0 N–H and O–H groups in total. The Bertz CT molecular complexity index is 229. The molecule has 0 nitrogen and oxygen atoms in total. The van der Waals surface area contributed by atoms with E-state index in [2.05, 4.69) is 55.4 Å². The summed E-state index contributed by atoms with van der Waals surface area (Å²) in [7, 11) is 0. The van der Waals surface area contributed by atoms with Crippen molar-refractivity contribution in [2.45, 2.75) is 128 Å². The SMILES string of the molecule is CC(C)CC[CH2][Al-]([CH2]CCC(C)C)([CH2]CCC(C)C)[CH2]CCC(C)C. The molecule has 25 heavy (non-hydrogen) atoms. The van der Waals surface area contributed by atoms with Gasteiger partial charge in [0.15, 0.2) is 0 Å². The molecule has 0 rings (SSSR count). The fourth-order valence-corrected chi connectivity index (χ4v) is 10.8. The molecule has 0 aliphatic heterocycles. The van der Waals surface area contributed by atoms with Crippen molar-refractivity contribution < 1.29 is 0 Å². The van der Waals surface area contributed by atoms with Crippen molar-refractivity contribution in [3.8, 4) is 0 Å². The quantitative estimate of drug-likeness (QED) is 0.238. The van der Waals surface area contributed by atoms with Crippen LogP contribution in [0.15, 0.2) is 0 Å². The van der Waals surface area contributed by atoms with Crippen LogP contribution in [0.5, 0.6) is 0 Å². The van der Waals surface area contributed by atoms with Gasteiger partial charge in [-0.25, -0.2) is 0 Å². The van der Waals surface area contributed by atoms with E-state index >= 15 is 0 Å². The van der Waals surface area contributed by atoms with Gasteiger partial charge in [0.05, 0.1) is 0 Å². The second-order valence-corrected chi connectivity index (χ2v) is 16.8. The molecule has 0 heterocycles. The van der Waals surface area contributed by atoms with Crippen molar-refractivity contribution in [2.24, 2.45) is 23.7 Å². The van der Waals surface area contributed by atoms with Crippen LogP contribution in [0, 0.1) is 23.7 Å². The summed E-state index contributed by atoms with van der Waals surface area (Å²) >= 11 is -1.40. The summed E-state index contributed by atoms with van der Waals surface area (Å²) in [5, 5.41) is 6.61. The number of rotatable bonds is 16. The summed E-state index contributed by atoms with van der Waals surface area (Å²) in [4.78, 5) is 0. The smallest absolute Gasteiger partial charge is 0.134 e. The maximum Gasteiger partial charge on any atom is 0.134 e. The van der Waals surface area contributed by atoms with E-state index in [0.717, 1.165) is 23.7 Å². The van der Waals surface area contributed by atoms with Gasteiger partial charge in [-0.05, 0) is 23.7 Å². The summed E-state index contributed by atoms with van der Waals surface area (Å²) in [6.45, 7) is 19.2. The van der Waals surface area contributed by atoms with E-state index in [9.17, 15) is 0 Å². The molecule has 0 unspecified atom stereocenters. The molecule has 0 fully saturated rings. The Morgan fingerprint density at radius 2 is 0.600 bits per heavy atom. The summed E-state index contributed by atoms with van der Waals surface area (Å²) in [6, 6.07) is 0. The molecule has 0 aliphatic carbocycles. The number of hydrogen-bond acceptors (Lipinski definition) is 0. The third-order valence-electron chi connectivity index (χ3n) is 6.39. The van der Waals surface area contributed by atoms with Gasteiger partial charge < -0.3 is 0 Å². The minimum atomic E-state index is -1.40. The average Bonchev–Trinajstić information content (AvgIpc) is 2.45. The lowest BCUT2D eigenvalue weighted by Crippen LogP contribution is -2.34. The highest BCUT2D eigenvalue weighted by molar-refractivity contribution is 6.79. The number of hydrogen-bond donors (Lipinski definition) is 0. The van der Waals surface area contributed by atoms with Crippen LogP contribution in [0.3, 0.4) is 0 Å². The molecule has 0 radical (unpaired) electrons. The van der Waals surface area contributed by atoms with Crippen LogP contribution in [0.4, 0.5) is 0 Å². The minimum Gasteiger partial charge on any atom is -0.191 e. The lowest BCUT2D eigenvalue weighted by molar-refractivity contribution is 0.545. The fourth-order valence-electron chi connectivity index (χ4n) is 4.70. The zero-order chi connectivity index (χ0) is 19.3. The zero-order valence-corrected chi connectivity index (χ0v) is 20.5. The summed E-state index contributed by atoms with van der Waals surface area (Å²) in [5.74, 6) is 3.55.